The van der Waals surface area contributed by atoms with Gasteiger partial charge in [-0.1, -0.05) is 24.3 Å². The number of fused-ring (bicyclic) bond motifs is 2. The van der Waals surface area contributed by atoms with Gasteiger partial charge in [-0.05, 0) is 42.3 Å². The van der Waals surface area contributed by atoms with E-state index in [0.717, 1.165) is 51.8 Å². The molecule has 33 heavy (non-hydrogen) atoms. The maximum absolute atomic E-state index is 11.8. The maximum atomic E-state index is 11.8. The van der Waals surface area contributed by atoms with E-state index >= 15 is 0 Å². The van der Waals surface area contributed by atoms with Crippen molar-refractivity contribution in [3.05, 3.63) is 66.4 Å². The summed E-state index contributed by atoms with van der Waals surface area (Å²) in [7, 11) is 3.27. The lowest BCUT2D eigenvalue weighted by atomic mass is 10.1. The molecule has 0 saturated carbocycles. The molecule has 3 heterocycles. The lowest BCUT2D eigenvalue weighted by Crippen LogP contribution is -2.27. The van der Waals surface area contributed by atoms with Gasteiger partial charge in [0.2, 0.25) is 5.91 Å². The Labute approximate surface area is 191 Å². The van der Waals surface area contributed by atoms with Crippen molar-refractivity contribution in [1.82, 2.24) is 9.38 Å². The van der Waals surface area contributed by atoms with Crippen LogP contribution in [-0.2, 0) is 11.2 Å². The van der Waals surface area contributed by atoms with Gasteiger partial charge >= 0.3 is 0 Å². The summed E-state index contributed by atoms with van der Waals surface area (Å²) >= 11 is 0. The van der Waals surface area contributed by atoms with Crippen molar-refractivity contribution in [2.75, 3.05) is 43.3 Å². The number of pyridine rings is 1. The van der Waals surface area contributed by atoms with Crippen LogP contribution in [0.1, 0.15) is 5.56 Å². The van der Waals surface area contributed by atoms with Gasteiger partial charge < -0.3 is 25.4 Å². The number of imidazole rings is 1. The van der Waals surface area contributed by atoms with Crippen LogP contribution in [0.25, 0.3) is 16.9 Å². The van der Waals surface area contributed by atoms with Gasteiger partial charge in [0.25, 0.3) is 0 Å². The van der Waals surface area contributed by atoms with E-state index in [9.17, 15) is 4.79 Å². The summed E-state index contributed by atoms with van der Waals surface area (Å²) in [5, 5.41) is 9.75. The Bertz CT molecular complexity index is 1330. The Balaban J connectivity index is 1.47. The van der Waals surface area contributed by atoms with Crippen LogP contribution in [0.2, 0.25) is 0 Å². The number of amides is 1. The van der Waals surface area contributed by atoms with E-state index in [2.05, 4.69) is 16.0 Å². The van der Waals surface area contributed by atoms with Gasteiger partial charge in [-0.15, -0.1) is 0 Å². The van der Waals surface area contributed by atoms with Crippen LogP contribution in [0.5, 0.6) is 11.5 Å². The fourth-order valence-electron chi connectivity index (χ4n) is 4.12. The Kier molecular flexibility index (Phi) is 5.48. The van der Waals surface area contributed by atoms with Crippen molar-refractivity contribution in [2.24, 2.45) is 0 Å². The van der Waals surface area contributed by atoms with Crippen molar-refractivity contribution in [1.29, 1.82) is 0 Å². The fraction of sp³-hybridized carbons (Fsp3) is 0.200. The molecule has 1 aliphatic heterocycles. The van der Waals surface area contributed by atoms with Crippen molar-refractivity contribution in [2.45, 2.75) is 6.42 Å². The topological polar surface area (TPSA) is 88.9 Å². The van der Waals surface area contributed by atoms with E-state index in [1.54, 1.807) is 14.2 Å². The minimum absolute atomic E-state index is 0.0529. The highest BCUT2D eigenvalue weighted by atomic mass is 16.5. The van der Waals surface area contributed by atoms with E-state index in [1.807, 2.05) is 65.2 Å². The summed E-state index contributed by atoms with van der Waals surface area (Å²) in [5.41, 5.74) is 5.38. The molecule has 0 bridgehead atoms. The molecule has 0 unspecified atom stereocenters. The van der Waals surface area contributed by atoms with E-state index < -0.39 is 0 Å². The standard InChI is InChI=1S/C25H25N5O3/c1-32-19-10-9-16(14-20(19)33-2)11-12-26-25-24(29-21-8-3-4-13-30(21)25)17-6-5-7-18-23(17)27-15-22(31)28-18/h3-10,13-14,26-27H,11-12,15H2,1-2H3,(H,28,31). The quantitative estimate of drug-likeness (QED) is 0.400. The SMILES string of the molecule is COc1ccc(CCNc2c(-c3cccc4c3NCC(=O)N4)nc3ccccn23)cc1OC. The number of benzene rings is 2. The number of carbonyl (C=O) groups excluding carboxylic acids is 1. The molecule has 2 aromatic heterocycles. The predicted octanol–water partition coefficient (Wildman–Crippen LogP) is 4.04. The molecule has 0 aliphatic carbocycles. The average molecular weight is 444 g/mol. The summed E-state index contributed by atoms with van der Waals surface area (Å²) in [6.45, 7) is 0.934. The zero-order valence-electron chi connectivity index (χ0n) is 18.5. The van der Waals surface area contributed by atoms with E-state index in [1.165, 1.54) is 0 Å². The second kappa shape index (κ2) is 8.74. The highest BCUT2D eigenvalue weighted by molar-refractivity contribution is 6.04. The number of aromatic nitrogens is 2. The third-order valence-corrected chi connectivity index (χ3v) is 5.70. The number of carbonyl (C=O) groups is 1. The molecule has 1 amide bonds. The third kappa shape index (κ3) is 3.91. The fourth-order valence-corrected chi connectivity index (χ4v) is 4.12. The largest absolute Gasteiger partial charge is 0.493 e. The van der Waals surface area contributed by atoms with Gasteiger partial charge in [0.05, 0.1) is 32.1 Å². The molecule has 0 atom stereocenters. The van der Waals surface area contributed by atoms with E-state index in [4.69, 9.17) is 14.5 Å². The summed E-state index contributed by atoms with van der Waals surface area (Å²) < 4.78 is 12.8. The van der Waals surface area contributed by atoms with Crippen LogP contribution in [0.3, 0.4) is 0 Å². The highest BCUT2D eigenvalue weighted by Gasteiger charge is 2.22. The predicted molar refractivity (Wildman–Crippen MR) is 129 cm³/mol. The van der Waals surface area contributed by atoms with Crippen LogP contribution in [-0.4, -0.2) is 42.6 Å². The molecular weight excluding hydrogens is 418 g/mol. The number of para-hydroxylation sites is 1. The lowest BCUT2D eigenvalue weighted by Gasteiger charge is -2.21. The zero-order valence-corrected chi connectivity index (χ0v) is 18.5. The van der Waals surface area contributed by atoms with Crippen LogP contribution < -0.4 is 25.4 Å². The van der Waals surface area contributed by atoms with Gasteiger partial charge in [-0.3, -0.25) is 9.20 Å². The summed E-state index contributed by atoms with van der Waals surface area (Å²) in [6, 6.07) is 17.7. The first kappa shape index (κ1) is 20.7. The first-order valence-electron chi connectivity index (χ1n) is 10.8. The minimum atomic E-state index is -0.0529. The number of ether oxygens (including phenoxy) is 2. The summed E-state index contributed by atoms with van der Waals surface area (Å²) in [6.07, 6.45) is 2.79. The molecule has 0 spiro atoms. The Morgan fingerprint density at radius 1 is 1.06 bits per heavy atom. The highest BCUT2D eigenvalue weighted by Crippen LogP contribution is 2.39. The molecule has 0 fully saturated rings. The molecule has 5 rings (SSSR count). The second-order valence-corrected chi connectivity index (χ2v) is 7.73. The number of anilines is 3. The molecular formula is C25H25N5O3. The van der Waals surface area contributed by atoms with Gasteiger partial charge in [-0.2, -0.15) is 0 Å². The van der Waals surface area contributed by atoms with Crippen LogP contribution in [0.4, 0.5) is 17.2 Å². The Morgan fingerprint density at radius 3 is 2.79 bits per heavy atom. The molecule has 8 heteroatoms. The minimum Gasteiger partial charge on any atom is -0.493 e. The number of hydrogen-bond donors (Lipinski definition) is 3. The van der Waals surface area contributed by atoms with Crippen molar-refractivity contribution >= 4 is 28.7 Å². The number of hydrogen-bond acceptors (Lipinski definition) is 6. The van der Waals surface area contributed by atoms with E-state index in [0.29, 0.717) is 12.3 Å². The average Bonchev–Trinajstić information content (AvgIpc) is 3.21. The van der Waals surface area contributed by atoms with Gasteiger partial charge in [-0.25, -0.2) is 4.98 Å². The normalized spacial score (nSPS) is 12.6. The maximum Gasteiger partial charge on any atom is 0.243 e. The number of rotatable bonds is 7. The molecule has 3 N–H and O–H groups in total. The summed E-state index contributed by atoms with van der Waals surface area (Å²) in [4.78, 5) is 16.7. The Morgan fingerprint density at radius 2 is 1.94 bits per heavy atom. The molecule has 0 saturated heterocycles. The van der Waals surface area contributed by atoms with Crippen LogP contribution >= 0.6 is 0 Å². The van der Waals surface area contributed by atoms with E-state index in [-0.39, 0.29) is 12.5 Å². The van der Waals surface area contributed by atoms with Crippen molar-refractivity contribution in [3.63, 3.8) is 0 Å². The molecule has 4 aromatic rings. The molecule has 168 valence electrons. The summed E-state index contributed by atoms with van der Waals surface area (Å²) in [5.74, 6) is 2.28. The number of methoxy groups -OCH3 is 2. The van der Waals surface area contributed by atoms with Gasteiger partial charge in [0.15, 0.2) is 11.5 Å². The van der Waals surface area contributed by atoms with Gasteiger partial charge in [0, 0.05) is 18.3 Å². The second-order valence-electron chi connectivity index (χ2n) is 7.73. The van der Waals surface area contributed by atoms with Crippen LogP contribution in [0, 0.1) is 0 Å². The van der Waals surface area contributed by atoms with Crippen molar-refractivity contribution < 1.29 is 14.3 Å². The molecule has 8 nitrogen and oxygen atoms in total. The first-order chi connectivity index (χ1) is 16.2. The number of nitrogens with one attached hydrogen (secondary N) is 3. The van der Waals surface area contributed by atoms with Crippen LogP contribution in [0.15, 0.2) is 60.8 Å². The van der Waals surface area contributed by atoms with Crippen molar-refractivity contribution in [3.8, 4) is 22.8 Å². The monoisotopic (exact) mass is 443 g/mol. The Hall–Kier alpha value is -4.20. The first-order valence-corrected chi connectivity index (χ1v) is 10.8. The van der Waals surface area contributed by atoms with Gasteiger partial charge in [0.1, 0.15) is 17.2 Å². The molecule has 0 radical (unpaired) electrons. The molecule has 1 aliphatic rings. The zero-order chi connectivity index (χ0) is 22.8. The third-order valence-electron chi connectivity index (χ3n) is 5.70. The lowest BCUT2D eigenvalue weighted by molar-refractivity contribution is -0.114. The molecule has 2 aromatic carbocycles. The smallest absolute Gasteiger partial charge is 0.243 e. The number of nitrogens with zero attached hydrogens (tertiary/aromatic N) is 2.